The Labute approximate surface area is 193 Å². The fourth-order valence-electron chi connectivity index (χ4n) is 2.96. The molecule has 0 aliphatic heterocycles. The van der Waals surface area contributed by atoms with Crippen molar-refractivity contribution in [3.8, 4) is 0 Å². The highest BCUT2D eigenvalue weighted by Crippen LogP contribution is 2.19. The van der Waals surface area contributed by atoms with E-state index in [1.807, 2.05) is 43.4 Å². The number of carbonyl (C=O) groups excluding carboxylic acids is 2. The van der Waals surface area contributed by atoms with Crippen LogP contribution < -0.4 is 10.6 Å². The average Bonchev–Trinajstić information content (AvgIpc) is 2.82. The molecule has 0 aliphatic carbocycles. The predicted octanol–water partition coefficient (Wildman–Crippen LogP) is 4.73. The quantitative estimate of drug-likeness (QED) is 0.300. The van der Waals surface area contributed by atoms with Gasteiger partial charge in [0, 0.05) is 25.2 Å². The highest BCUT2D eigenvalue weighted by molar-refractivity contribution is 6.04. The minimum Gasteiger partial charge on any atom is -0.355 e. The van der Waals surface area contributed by atoms with Gasteiger partial charge in [-0.1, -0.05) is 55.8 Å². The zero-order valence-corrected chi connectivity index (χ0v) is 20.3. The minimum absolute atomic E-state index is 0.216. The van der Waals surface area contributed by atoms with Crippen LogP contribution in [0.5, 0.6) is 0 Å². The Morgan fingerprint density at radius 2 is 1.72 bits per heavy atom. The van der Waals surface area contributed by atoms with Crippen molar-refractivity contribution >= 4 is 17.5 Å². The summed E-state index contributed by atoms with van der Waals surface area (Å²) in [6.45, 7) is 8.25. The highest BCUT2D eigenvalue weighted by atomic mass is 16.2. The molecule has 0 unspecified atom stereocenters. The molecule has 0 aliphatic rings. The molecule has 32 heavy (non-hydrogen) atoms. The van der Waals surface area contributed by atoms with E-state index in [2.05, 4.69) is 41.6 Å². The van der Waals surface area contributed by atoms with Crippen molar-refractivity contribution in [3.63, 3.8) is 0 Å². The fourth-order valence-corrected chi connectivity index (χ4v) is 2.96. The third-order valence-electron chi connectivity index (χ3n) is 5.13. The zero-order chi connectivity index (χ0) is 23.9. The number of aliphatic imine (C=N–C) groups is 1. The first kappa shape index (κ1) is 26.8. The summed E-state index contributed by atoms with van der Waals surface area (Å²) >= 11 is 0. The molecular formula is C27H37N3O2. The molecule has 1 aromatic carbocycles. The number of hydrogen-bond donors (Lipinski definition) is 2. The average molecular weight is 436 g/mol. The maximum Gasteiger partial charge on any atom is 0.251 e. The molecule has 0 saturated carbocycles. The molecule has 5 heteroatoms. The van der Waals surface area contributed by atoms with Crippen LogP contribution in [0.1, 0.15) is 46.1 Å². The molecule has 0 spiro atoms. The molecule has 0 heterocycles. The molecule has 2 amide bonds. The van der Waals surface area contributed by atoms with Crippen molar-refractivity contribution < 1.29 is 9.59 Å². The summed E-state index contributed by atoms with van der Waals surface area (Å²) in [5.41, 5.74) is 5.14. The normalized spacial score (nSPS) is 13.8. The van der Waals surface area contributed by atoms with E-state index in [0.29, 0.717) is 24.1 Å². The standard InChI is InChI=1S/C27H37N3O2/c1-7-9-15-25(28-5)19-30-27(32)24(16-21(4)26(31)29-6)18-23(20(3)8-2)17-22-13-11-10-12-14-22/h9-16,18H,7-8,17,19H2,1-6H3,(H,29,31)(H,30,32)/b15-9-,21-16+,23-20+,24-18+,28-25?. The molecule has 2 N–H and O–H groups in total. The van der Waals surface area contributed by atoms with Crippen LogP contribution in [0.25, 0.3) is 0 Å². The van der Waals surface area contributed by atoms with Gasteiger partial charge in [0.2, 0.25) is 5.91 Å². The number of carbonyl (C=O) groups is 2. The van der Waals surface area contributed by atoms with E-state index in [-0.39, 0.29) is 11.8 Å². The van der Waals surface area contributed by atoms with E-state index in [4.69, 9.17) is 0 Å². The van der Waals surface area contributed by atoms with Crippen LogP contribution in [0.15, 0.2) is 81.9 Å². The van der Waals surface area contributed by atoms with Gasteiger partial charge in [-0.25, -0.2) is 0 Å². The first-order valence-corrected chi connectivity index (χ1v) is 11.1. The van der Waals surface area contributed by atoms with Crippen molar-refractivity contribution in [3.05, 3.63) is 82.5 Å². The van der Waals surface area contributed by atoms with E-state index in [0.717, 1.165) is 24.1 Å². The van der Waals surface area contributed by atoms with E-state index < -0.39 is 0 Å². The van der Waals surface area contributed by atoms with Crippen molar-refractivity contribution in [1.82, 2.24) is 10.6 Å². The molecular weight excluding hydrogens is 398 g/mol. The lowest BCUT2D eigenvalue weighted by molar-refractivity contribution is -0.117. The summed E-state index contributed by atoms with van der Waals surface area (Å²) < 4.78 is 0. The van der Waals surface area contributed by atoms with Crippen LogP contribution in [0, 0.1) is 0 Å². The number of rotatable bonds is 11. The summed E-state index contributed by atoms with van der Waals surface area (Å²) in [6, 6.07) is 10.2. The Morgan fingerprint density at radius 3 is 2.28 bits per heavy atom. The lowest BCUT2D eigenvalue weighted by atomic mass is 9.96. The summed E-state index contributed by atoms with van der Waals surface area (Å²) in [4.78, 5) is 29.4. The number of nitrogens with one attached hydrogen (secondary N) is 2. The van der Waals surface area contributed by atoms with Gasteiger partial charge in [-0.15, -0.1) is 0 Å². The molecule has 0 fully saturated rings. The Kier molecular flexibility index (Phi) is 12.4. The second kappa shape index (κ2) is 14.7. The molecule has 0 aromatic heterocycles. The maximum absolute atomic E-state index is 13.1. The van der Waals surface area contributed by atoms with Crippen LogP contribution in [-0.4, -0.2) is 38.2 Å². The first-order valence-electron chi connectivity index (χ1n) is 11.1. The molecule has 1 rings (SSSR count). The van der Waals surface area contributed by atoms with Crippen LogP contribution in [0.4, 0.5) is 0 Å². The van der Waals surface area contributed by atoms with E-state index in [1.165, 1.54) is 11.1 Å². The smallest absolute Gasteiger partial charge is 0.251 e. The zero-order valence-electron chi connectivity index (χ0n) is 20.3. The van der Waals surface area contributed by atoms with Gasteiger partial charge in [-0.05, 0) is 62.5 Å². The lowest BCUT2D eigenvalue weighted by Crippen LogP contribution is -2.30. The van der Waals surface area contributed by atoms with Gasteiger partial charge in [0.25, 0.3) is 5.91 Å². The largest absolute Gasteiger partial charge is 0.355 e. The Balaban J connectivity index is 3.33. The number of nitrogens with zero attached hydrogens (tertiary/aromatic N) is 1. The van der Waals surface area contributed by atoms with Gasteiger partial charge in [-0.2, -0.15) is 0 Å². The van der Waals surface area contributed by atoms with Gasteiger partial charge >= 0.3 is 0 Å². The number of amides is 2. The predicted molar refractivity (Wildman–Crippen MR) is 135 cm³/mol. The summed E-state index contributed by atoms with van der Waals surface area (Å²) in [6.07, 6.45) is 9.95. The van der Waals surface area contributed by atoms with Gasteiger partial charge in [0.05, 0.1) is 12.3 Å². The molecule has 5 nitrogen and oxygen atoms in total. The first-order chi connectivity index (χ1) is 15.4. The second-order valence-corrected chi connectivity index (χ2v) is 7.54. The second-order valence-electron chi connectivity index (χ2n) is 7.54. The van der Waals surface area contributed by atoms with E-state index in [9.17, 15) is 9.59 Å². The molecule has 172 valence electrons. The third-order valence-corrected chi connectivity index (χ3v) is 5.13. The van der Waals surface area contributed by atoms with Crippen LogP contribution >= 0.6 is 0 Å². The molecule has 0 radical (unpaired) electrons. The van der Waals surface area contributed by atoms with E-state index in [1.54, 1.807) is 27.1 Å². The Bertz CT molecular complexity index is 919. The highest BCUT2D eigenvalue weighted by Gasteiger charge is 2.13. The van der Waals surface area contributed by atoms with Gasteiger partial charge in [-0.3, -0.25) is 14.6 Å². The van der Waals surface area contributed by atoms with Crippen molar-refractivity contribution in [2.45, 2.75) is 47.0 Å². The topological polar surface area (TPSA) is 70.6 Å². The van der Waals surface area contributed by atoms with Crippen molar-refractivity contribution in [2.75, 3.05) is 20.6 Å². The third kappa shape index (κ3) is 9.29. The summed E-state index contributed by atoms with van der Waals surface area (Å²) in [7, 11) is 3.29. The Morgan fingerprint density at radius 1 is 1.03 bits per heavy atom. The Hall–Kier alpha value is -3.21. The lowest BCUT2D eigenvalue weighted by Gasteiger charge is -2.12. The van der Waals surface area contributed by atoms with Gasteiger partial charge in [0.1, 0.15) is 0 Å². The van der Waals surface area contributed by atoms with Gasteiger partial charge < -0.3 is 10.6 Å². The SMILES string of the molecule is CC/C=C\C(CNC(=O)C(/C=C(\C)C(=O)NC)=C/C(Cc1ccccc1)=C(\C)CC)=NC. The molecule has 0 bridgehead atoms. The minimum atomic E-state index is -0.242. The van der Waals surface area contributed by atoms with Crippen LogP contribution in [-0.2, 0) is 16.0 Å². The number of hydrogen-bond acceptors (Lipinski definition) is 3. The molecule has 1 aromatic rings. The fraction of sp³-hybridized carbons (Fsp3) is 0.370. The number of allylic oxidation sites excluding steroid dienone is 4. The maximum atomic E-state index is 13.1. The number of likely N-dealkylation sites (N-methyl/N-ethyl adjacent to an activating group) is 1. The van der Waals surface area contributed by atoms with Crippen LogP contribution in [0.3, 0.4) is 0 Å². The molecule has 0 saturated heterocycles. The monoisotopic (exact) mass is 435 g/mol. The summed E-state index contributed by atoms with van der Waals surface area (Å²) in [5.74, 6) is -0.458. The molecule has 0 atom stereocenters. The van der Waals surface area contributed by atoms with Crippen molar-refractivity contribution in [1.29, 1.82) is 0 Å². The number of benzene rings is 1. The summed E-state index contributed by atoms with van der Waals surface area (Å²) in [5, 5.41) is 5.56. The van der Waals surface area contributed by atoms with Crippen molar-refractivity contribution in [2.24, 2.45) is 4.99 Å². The van der Waals surface area contributed by atoms with E-state index >= 15 is 0 Å². The van der Waals surface area contributed by atoms with Gasteiger partial charge in [0.15, 0.2) is 0 Å². The van der Waals surface area contributed by atoms with Crippen LogP contribution in [0.2, 0.25) is 0 Å².